The van der Waals surface area contributed by atoms with Crippen LogP contribution >= 0.6 is 0 Å². The highest BCUT2D eigenvalue weighted by atomic mass is 16.5. The lowest BCUT2D eigenvalue weighted by atomic mass is 10.1. The summed E-state index contributed by atoms with van der Waals surface area (Å²) in [6.07, 6.45) is 0. The molecule has 2 aromatic rings. The van der Waals surface area contributed by atoms with E-state index in [2.05, 4.69) is 15.5 Å². The third-order valence-corrected chi connectivity index (χ3v) is 3.41. The summed E-state index contributed by atoms with van der Waals surface area (Å²) in [6, 6.07) is 5.07. The van der Waals surface area contributed by atoms with Gasteiger partial charge in [-0.3, -0.25) is 9.89 Å². The van der Waals surface area contributed by atoms with E-state index in [9.17, 15) is 4.79 Å². The maximum absolute atomic E-state index is 12.5. The standard InChI is InChI=1S/C16H21N3O4/c1-9(2)11-8-13(19-18-11)17-16(20)10-6-7-12(21-3)15(23-5)14(10)22-4/h6-9H,1-5H3,(H2,17,18,19,20). The van der Waals surface area contributed by atoms with Gasteiger partial charge in [0, 0.05) is 11.8 Å². The van der Waals surface area contributed by atoms with Gasteiger partial charge in [-0.05, 0) is 18.1 Å². The van der Waals surface area contributed by atoms with Crippen LogP contribution in [0.15, 0.2) is 18.2 Å². The van der Waals surface area contributed by atoms with E-state index in [1.165, 1.54) is 21.3 Å². The van der Waals surface area contributed by atoms with Gasteiger partial charge in [0.25, 0.3) is 5.91 Å². The maximum Gasteiger partial charge on any atom is 0.260 e. The summed E-state index contributed by atoms with van der Waals surface area (Å²) in [7, 11) is 4.48. The first kappa shape index (κ1) is 16.7. The number of amides is 1. The van der Waals surface area contributed by atoms with E-state index in [1.807, 2.05) is 13.8 Å². The fraction of sp³-hybridized carbons (Fsp3) is 0.375. The number of anilines is 1. The molecule has 23 heavy (non-hydrogen) atoms. The number of nitrogens with zero attached hydrogens (tertiary/aromatic N) is 1. The minimum Gasteiger partial charge on any atom is -0.493 e. The summed E-state index contributed by atoms with van der Waals surface area (Å²) in [4.78, 5) is 12.5. The minimum absolute atomic E-state index is 0.295. The van der Waals surface area contributed by atoms with E-state index < -0.39 is 0 Å². The van der Waals surface area contributed by atoms with Crippen molar-refractivity contribution in [2.75, 3.05) is 26.6 Å². The number of carbonyl (C=O) groups excluding carboxylic acids is 1. The van der Waals surface area contributed by atoms with Crippen molar-refractivity contribution in [1.82, 2.24) is 10.2 Å². The highest BCUT2D eigenvalue weighted by Gasteiger charge is 2.21. The molecule has 1 amide bonds. The van der Waals surface area contributed by atoms with Crippen LogP contribution < -0.4 is 19.5 Å². The second-order valence-corrected chi connectivity index (χ2v) is 5.20. The van der Waals surface area contributed by atoms with Gasteiger partial charge in [0.05, 0.1) is 26.9 Å². The summed E-state index contributed by atoms with van der Waals surface area (Å²) < 4.78 is 15.8. The van der Waals surface area contributed by atoms with Crippen LogP contribution in [0.1, 0.15) is 35.8 Å². The molecule has 124 valence electrons. The molecule has 1 aromatic heterocycles. The topological polar surface area (TPSA) is 85.5 Å². The molecule has 0 fully saturated rings. The highest BCUT2D eigenvalue weighted by Crippen LogP contribution is 2.39. The van der Waals surface area contributed by atoms with Crippen LogP contribution in [-0.4, -0.2) is 37.4 Å². The molecule has 1 heterocycles. The van der Waals surface area contributed by atoms with Crippen LogP contribution in [-0.2, 0) is 0 Å². The molecule has 0 bridgehead atoms. The Morgan fingerprint density at radius 1 is 1.13 bits per heavy atom. The van der Waals surface area contributed by atoms with Crippen LogP contribution in [0.4, 0.5) is 5.82 Å². The largest absolute Gasteiger partial charge is 0.493 e. The number of methoxy groups -OCH3 is 3. The smallest absolute Gasteiger partial charge is 0.260 e. The fourth-order valence-electron chi connectivity index (χ4n) is 2.16. The van der Waals surface area contributed by atoms with Crippen LogP contribution in [0.5, 0.6) is 17.2 Å². The molecule has 0 radical (unpaired) electrons. The molecule has 1 aromatic carbocycles. The second-order valence-electron chi connectivity index (χ2n) is 5.20. The fourth-order valence-corrected chi connectivity index (χ4v) is 2.16. The van der Waals surface area contributed by atoms with Crippen LogP contribution in [0.25, 0.3) is 0 Å². The van der Waals surface area contributed by atoms with Gasteiger partial charge in [-0.1, -0.05) is 13.8 Å². The van der Waals surface area contributed by atoms with E-state index in [1.54, 1.807) is 18.2 Å². The minimum atomic E-state index is -0.343. The van der Waals surface area contributed by atoms with Gasteiger partial charge < -0.3 is 19.5 Å². The number of benzene rings is 1. The van der Waals surface area contributed by atoms with Gasteiger partial charge in [0.1, 0.15) is 0 Å². The van der Waals surface area contributed by atoms with Crippen LogP contribution in [0, 0.1) is 0 Å². The van der Waals surface area contributed by atoms with Crippen molar-refractivity contribution >= 4 is 11.7 Å². The Balaban J connectivity index is 2.31. The number of aromatic nitrogens is 2. The number of nitrogens with one attached hydrogen (secondary N) is 2. The van der Waals surface area contributed by atoms with E-state index in [4.69, 9.17) is 14.2 Å². The van der Waals surface area contributed by atoms with Crippen molar-refractivity contribution in [3.63, 3.8) is 0 Å². The number of rotatable bonds is 6. The Morgan fingerprint density at radius 3 is 2.35 bits per heavy atom. The molecular formula is C16H21N3O4. The van der Waals surface area contributed by atoms with Crippen molar-refractivity contribution in [2.45, 2.75) is 19.8 Å². The molecule has 0 saturated carbocycles. The quantitative estimate of drug-likeness (QED) is 0.855. The first-order valence-corrected chi connectivity index (χ1v) is 7.17. The molecule has 2 rings (SSSR count). The monoisotopic (exact) mass is 319 g/mol. The Labute approximate surface area is 134 Å². The summed E-state index contributed by atoms with van der Waals surface area (Å²) >= 11 is 0. The predicted octanol–water partition coefficient (Wildman–Crippen LogP) is 2.81. The molecule has 7 heteroatoms. The normalized spacial score (nSPS) is 10.5. The Bertz CT molecular complexity index is 695. The maximum atomic E-state index is 12.5. The number of carbonyl (C=O) groups is 1. The molecule has 0 spiro atoms. The first-order chi connectivity index (χ1) is 11.0. The van der Waals surface area contributed by atoms with Crippen molar-refractivity contribution in [3.8, 4) is 17.2 Å². The van der Waals surface area contributed by atoms with E-state index in [0.29, 0.717) is 34.5 Å². The molecule has 0 aliphatic carbocycles. The Morgan fingerprint density at radius 2 is 1.83 bits per heavy atom. The number of hydrogen-bond acceptors (Lipinski definition) is 5. The highest BCUT2D eigenvalue weighted by molar-refractivity contribution is 6.06. The van der Waals surface area contributed by atoms with Gasteiger partial charge in [0.2, 0.25) is 5.75 Å². The van der Waals surface area contributed by atoms with Gasteiger partial charge in [-0.2, -0.15) is 5.10 Å². The predicted molar refractivity (Wildman–Crippen MR) is 86.7 cm³/mol. The zero-order valence-electron chi connectivity index (χ0n) is 13.9. The van der Waals surface area contributed by atoms with Crippen molar-refractivity contribution < 1.29 is 19.0 Å². The number of ether oxygens (including phenoxy) is 3. The molecule has 0 saturated heterocycles. The molecule has 0 aliphatic heterocycles. The first-order valence-electron chi connectivity index (χ1n) is 7.17. The number of hydrogen-bond donors (Lipinski definition) is 2. The summed E-state index contributed by atoms with van der Waals surface area (Å²) in [5.74, 6) is 1.57. The van der Waals surface area contributed by atoms with Gasteiger partial charge in [-0.15, -0.1) is 0 Å². The zero-order chi connectivity index (χ0) is 17.0. The molecule has 7 nitrogen and oxygen atoms in total. The summed E-state index contributed by atoms with van der Waals surface area (Å²) in [6.45, 7) is 4.08. The number of aromatic amines is 1. The van der Waals surface area contributed by atoms with Gasteiger partial charge in [0.15, 0.2) is 17.3 Å². The Kier molecular flexibility index (Phi) is 5.10. The third kappa shape index (κ3) is 3.39. The van der Waals surface area contributed by atoms with Gasteiger partial charge >= 0.3 is 0 Å². The van der Waals surface area contributed by atoms with E-state index in [0.717, 1.165) is 5.69 Å². The molecule has 2 N–H and O–H groups in total. The lowest BCUT2D eigenvalue weighted by Gasteiger charge is -2.15. The average Bonchev–Trinajstić information content (AvgIpc) is 3.01. The second kappa shape index (κ2) is 7.04. The summed E-state index contributed by atoms with van der Waals surface area (Å²) in [5, 5.41) is 9.71. The number of H-pyrrole nitrogens is 1. The van der Waals surface area contributed by atoms with E-state index >= 15 is 0 Å². The van der Waals surface area contributed by atoms with Crippen LogP contribution in [0.3, 0.4) is 0 Å². The van der Waals surface area contributed by atoms with Crippen molar-refractivity contribution in [1.29, 1.82) is 0 Å². The van der Waals surface area contributed by atoms with Crippen LogP contribution in [0.2, 0.25) is 0 Å². The summed E-state index contributed by atoms with van der Waals surface area (Å²) in [5.41, 5.74) is 1.28. The lowest BCUT2D eigenvalue weighted by molar-refractivity contribution is 0.102. The van der Waals surface area contributed by atoms with Gasteiger partial charge in [-0.25, -0.2) is 0 Å². The third-order valence-electron chi connectivity index (χ3n) is 3.41. The van der Waals surface area contributed by atoms with E-state index in [-0.39, 0.29) is 5.91 Å². The van der Waals surface area contributed by atoms with Crippen molar-refractivity contribution in [2.24, 2.45) is 0 Å². The molecule has 0 aliphatic rings. The molecule has 0 unspecified atom stereocenters. The molecular weight excluding hydrogens is 298 g/mol. The van der Waals surface area contributed by atoms with Crippen molar-refractivity contribution in [3.05, 3.63) is 29.5 Å². The Hall–Kier alpha value is -2.70. The average molecular weight is 319 g/mol. The lowest BCUT2D eigenvalue weighted by Crippen LogP contribution is -2.14. The molecule has 0 atom stereocenters. The zero-order valence-corrected chi connectivity index (χ0v) is 13.9. The SMILES string of the molecule is COc1ccc(C(=O)Nc2cc(C(C)C)[nH]n2)c(OC)c1OC.